The van der Waals surface area contributed by atoms with Gasteiger partial charge in [0.15, 0.2) is 0 Å². The maximum absolute atomic E-state index is 12.1. The third-order valence-corrected chi connectivity index (χ3v) is 4.64. The molecule has 0 unspecified atom stereocenters. The van der Waals surface area contributed by atoms with E-state index in [0.717, 1.165) is 43.9 Å². The molecule has 0 bridgehead atoms. The molecule has 16 heavy (non-hydrogen) atoms. The summed E-state index contributed by atoms with van der Waals surface area (Å²) in [4.78, 5) is 16.7. The van der Waals surface area contributed by atoms with E-state index in [2.05, 4.69) is 10.2 Å². The normalized spacial score (nSPS) is 32.0. The molecule has 2 aliphatic heterocycles. The first-order valence-electron chi connectivity index (χ1n) is 6.18. The minimum absolute atomic E-state index is 0.0810. The van der Waals surface area contributed by atoms with Gasteiger partial charge in [0.1, 0.15) is 0 Å². The van der Waals surface area contributed by atoms with Crippen LogP contribution in [0, 0.1) is 0 Å². The number of carbonyl (C=O) groups is 1. The highest BCUT2D eigenvalue weighted by Crippen LogP contribution is 2.27. The number of thioether (sulfide) groups is 1. The van der Waals surface area contributed by atoms with Crippen molar-refractivity contribution in [3.8, 4) is 0 Å². The molecule has 0 aromatic rings. The van der Waals surface area contributed by atoms with E-state index in [9.17, 15) is 4.79 Å². The number of nitrogens with zero attached hydrogens (tertiary/aromatic N) is 2. The van der Waals surface area contributed by atoms with Gasteiger partial charge in [-0.2, -0.15) is 0 Å². The van der Waals surface area contributed by atoms with Crippen molar-refractivity contribution in [2.45, 2.75) is 24.9 Å². The number of hydrogen-bond donors (Lipinski definition) is 1. The molecule has 2 heterocycles. The Kier molecular flexibility index (Phi) is 3.09. The molecule has 1 atom stereocenters. The monoisotopic (exact) mass is 241 g/mol. The summed E-state index contributed by atoms with van der Waals surface area (Å²) < 4.78 is 0. The molecule has 5 heteroatoms. The Bertz CT molecular complexity index is 268. The molecule has 0 aromatic heterocycles. The van der Waals surface area contributed by atoms with E-state index in [4.69, 9.17) is 0 Å². The summed E-state index contributed by atoms with van der Waals surface area (Å²) in [5.41, 5.74) is 0. The molecule has 4 nitrogen and oxygen atoms in total. The lowest BCUT2D eigenvalue weighted by Crippen LogP contribution is -2.53. The number of hydrogen-bond acceptors (Lipinski definition) is 4. The van der Waals surface area contributed by atoms with Gasteiger partial charge in [-0.3, -0.25) is 15.0 Å². The average molecular weight is 241 g/mol. The third kappa shape index (κ3) is 2.21. The fourth-order valence-electron chi connectivity index (χ4n) is 2.52. The molecule has 0 spiro atoms. The van der Waals surface area contributed by atoms with E-state index in [0.29, 0.717) is 5.91 Å². The molecule has 90 valence electrons. The summed E-state index contributed by atoms with van der Waals surface area (Å²) in [6, 6.07) is 0.926. The lowest BCUT2D eigenvalue weighted by molar-refractivity contribution is -0.134. The molecule has 1 aliphatic carbocycles. The first kappa shape index (κ1) is 10.9. The lowest BCUT2D eigenvalue weighted by atomic mass is 10.2. The van der Waals surface area contributed by atoms with Crippen LogP contribution in [0.4, 0.5) is 0 Å². The lowest BCUT2D eigenvalue weighted by Gasteiger charge is -2.35. The molecule has 0 radical (unpaired) electrons. The minimum Gasteiger partial charge on any atom is -0.339 e. The zero-order chi connectivity index (χ0) is 11.0. The standard InChI is InChI=1S/C11H19N3OS/c15-11(10-7-16-8-12-10)14-5-3-13(4-6-14)9-1-2-9/h9-10,12H,1-8H2/t10-/m1/s1. The maximum Gasteiger partial charge on any atom is 0.240 e. The van der Waals surface area contributed by atoms with Crippen molar-refractivity contribution in [1.29, 1.82) is 0 Å². The highest BCUT2D eigenvalue weighted by molar-refractivity contribution is 7.99. The topological polar surface area (TPSA) is 35.6 Å². The fraction of sp³-hybridized carbons (Fsp3) is 0.909. The van der Waals surface area contributed by atoms with Crippen molar-refractivity contribution in [1.82, 2.24) is 15.1 Å². The van der Waals surface area contributed by atoms with Crippen molar-refractivity contribution in [2.75, 3.05) is 37.8 Å². The van der Waals surface area contributed by atoms with Crippen molar-refractivity contribution in [3.63, 3.8) is 0 Å². The van der Waals surface area contributed by atoms with Crippen LogP contribution in [-0.2, 0) is 4.79 Å². The second-order valence-corrected chi connectivity index (χ2v) is 5.89. The van der Waals surface area contributed by atoms with Crippen molar-refractivity contribution in [3.05, 3.63) is 0 Å². The molecule has 3 rings (SSSR count). The van der Waals surface area contributed by atoms with Crippen LogP contribution in [0.25, 0.3) is 0 Å². The Morgan fingerprint density at radius 3 is 2.50 bits per heavy atom. The van der Waals surface area contributed by atoms with E-state index in [-0.39, 0.29) is 6.04 Å². The van der Waals surface area contributed by atoms with Crippen LogP contribution in [0.3, 0.4) is 0 Å². The SMILES string of the molecule is O=C([C@H]1CSCN1)N1CCN(C2CC2)CC1. The van der Waals surface area contributed by atoms with Gasteiger partial charge in [-0.15, -0.1) is 11.8 Å². The Morgan fingerprint density at radius 2 is 1.94 bits per heavy atom. The van der Waals surface area contributed by atoms with Gasteiger partial charge in [0.2, 0.25) is 5.91 Å². The minimum atomic E-state index is 0.0810. The number of carbonyl (C=O) groups excluding carboxylic acids is 1. The molecule has 3 aliphatic rings. The predicted octanol–water partition coefficient (Wildman–Crippen LogP) is -0.0445. The summed E-state index contributed by atoms with van der Waals surface area (Å²) in [5.74, 6) is 2.19. The van der Waals surface area contributed by atoms with Crippen molar-refractivity contribution in [2.24, 2.45) is 0 Å². The molecular weight excluding hydrogens is 222 g/mol. The number of piperazine rings is 1. The van der Waals surface area contributed by atoms with Gasteiger partial charge in [-0.25, -0.2) is 0 Å². The molecule has 1 amide bonds. The number of rotatable bonds is 2. The maximum atomic E-state index is 12.1. The quantitative estimate of drug-likeness (QED) is 0.735. The van der Waals surface area contributed by atoms with Gasteiger partial charge < -0.3 is 4.90 Å². The summed E-state index contributed by atoms with van der Waals surface area (Å²) in [6.45, 7) is 4.02. The molecule has 3 fully saturated rings. The van der Waals surface area contributed by atoms with Crippen LogP contribution in [0.1, 0.15) is 12.8 Å². The number of amides is 1. The highest BCUT2D eigenvalue weighted by atomic mass is 32.2. The van der Waals surface area contributed by atoms with Crippen LogP contribution in [0.5, 0.6) is 0 Å². The Hall–Kier alpha value is -0.260. The second kappa shape index (κ2) is 4.55. The zero-order valence-electron chi connectivity index (χ0n) is 9.52. The van der Waals surface area contributed by atoms with Crippen molar-refractivity contribution < 1.29 is 4.79 Å². The summed E-state index contributed by atoms with van der Waals surface area (Å²) in [7, 11) is 0. The molecular formula is C11H19N3OS. The Morgan fingerprint density at radius 1 is 1.19 bits per heavy atom. The molecule has 1 N–H and O–H groups in total. The third-order valence-electron chi connectivity index (χ3n) is 3.70. The Labute approximate surface area is 101 Å². The smallest absolute Gasteiger partial charge is 0.240 e. The van der Waals surface area contributed by atoms with Gasteiger partial charge in [0, 0.05) is 43.9 Å². The van der Waals surface area contributed by atoms with Crippen LogP contribution in [0.2, 0.25) is 0 Å². The number of nitrogens with one attached hydrogen (secondary N) is 1. The predicted molar refractivity (Wildman–Crippen MR) is 65.4 cm³/mol. The second-order valence-electron chi connectivity index (χ2n) is 4.86. The Balaban J connectivity index is 1.50. The first-order valence-corrected chi connectivity index (χ1v) is 7.34. The van der Waals surface area contributed by atoms with Gasteiger partial charge in [-0.05, 0) is 12.8 Å². The summed E-state index contributed by atoms with van der Waals surface area (Å²) in [6.07, 6.45) is 2.74. The van der Waals surface area contributed by atoms with Crippen molar-refractivity contribution >= 4 is 17.7 Å². The van der Waals surface area contributed by atoms with E-state index < -0.39 is 0 Å². The van der Waals surface area contributed by atoms with E-state index >= 15 is 0 Å². The van der Waals surface area contributed by atoms with Gasteiger partial charge in [0.05, 0.1) is 6.04 Å². The summed E-state index contributed by atoms with van der Waals surface area (Å²) >= 11 is 1.82. The molecule has 1 saturated carbocycles. The fourth-order valence-corrected chi connectivity index (χ4v) is 3.45. The highest BCUT2D eigenvalue weighted by Gasteiger charge is 2.34. The van der Waals surface area contributed by atoms with E-state index in [1.807, 2.05) is 16.7 Å². The first-order chi connectivity index (χ1) is 7.84. The van der Waals surface area contributed by atoms with Crippen LogP contribution in [-0.4, -0.2) is 65.6 Å². The van der Waals surface area contributed by atoms with E-state index in [1.165, 1.54) is 12.8 Å². The zero-order valence-corrected chi connectivity index (χ0v) is 10.3. The largest absolute Gasteiger partial charge is 0.339 e. The average Bonchev–Trinajstić information content (AvgIpc) is 3.04. The van der Waals surface area contributed by atoms with Gasteiger partial charge in [-0.1, -0.05) is 0 Å². The van der Waals surface area contributed by atoms with E-state index in [1.54, 1.807) is 0 Å². The summed E-state index contributed by atoms with van der Waals surface area (Å²) in [5, 5.41) is 3.26. The van der Waals surface area contributed by atoms with Crippen LogP contribution in [0.15, 0.2) is 0 Å². The van der Waals surface area contributed by atoms with Crippen LogP contribution >= 0.6 is 11.8 Å². The van der Waals surface area contributed by atoms with Crippen LogP contribution < -0.4 is 5.32 Å². The molecule has 2 saturated heterocycles. The van der Waals surface area contributed by atoms with Gasteiger partial charge in [0.25, 0.3) is 0 Å². The molecule has 0 aromatic carbocycles. The van der Waals surface area contributed by atoms with Gasteiger partial charge >= 0.3 is 0 Å².